The van der Waals surface area contributed by atoms with E-state index in [0.29, 0.717) is 17.0 Å². The molecule has 4 heteroatoms. The fourth-order valence-corrected chi connectivity index (χ4v) is 2.20. The summed E-state index contributed by atoms with van der Waals surface area (Å²) in [4.78, 5) is 10.7. The highest BCUT2D eigenvalue weighted by atomic mass is 35.5. The van der Waals surface area contributed by atoms with Crippen molar-refractivity contribution >= 4 is 29.5 Å². The maximum atomic E-state index is 13.0. The summed E-state index contributed by atoms with van der Waals surface area (Å²) in [6, 6.07) is 9.65. The molecule has 2 aromatic carbocycles. The van der Waals surface area contributed by atoms with Gasteiger partial charge in [-0.25, -0.2) is 4.39 Å². The molecule has 0 aromatic heterocycles. The summed E-state index contributed by atoms with van der Waals surface area (Å²) in [6.07, 6.45) is 1.29. The molecule has 0 aliphatic heterocycles. The van der Waals surface area contributed by atoms with Gasteiger partial charge in [0.05, 0.1) is 5.02 Å². The molecule has 0 saturated carbocycles. The Balaban J connectivity index is 2.30. The normalized spacial score (nSPS) is 10.4. The Kier molecular flexibility index (Phi) is 4.00. The van der Waals surface area contributed by atoms with Gasteiger partial charge < -0.3 is 0 Å². The van der Waals surface area contributed by atoms with Gasteiger partial charge in [0.2, 0.25) is 0 Å². The summed E-state index contributed by atoms with van der Waals surface area (Å²) in [5.41, 5.74) is 2.26. The van der Waals surface area contributed by atoms with E-state index >= 15 is 0 Å². The molecular weight excluding hydrogens is 274 g/mol. The molecule has 0 saturated heterocycles. The summed E-state index contributed by atoms with van der Waals surface area (Å²) in [7, 11) is 0. The molecule has 0 heterocycles. The van der Waals surface area contributed by atoms with Gasteiger partial charge in [0.1, 0.15) is 12.1 Å². The summed E-state index contributed by atoms with van der Waals surface area (Å²) in [5, 5.41) is 0.591. The number of hydrogen-bond acceptors (Lipinski definition) is 1. The van der Waals surface area contributed by atoms with Gasteiger partial charge in [0.25, 0.3) is 0 Å². The fourth-order valence-electron chi connectivity index (χ4n) is 1.73. The van der Waals surface area contributed by atoms with E-state index in [9.17, 15) is 9.18 Å². The lowest BCUT2D eigenvalue weighted by Gasteiger charge is -2.05. The van der Waals surface area contributed by atoms with E-state index in [0.717, 1.165) is 17.4 Å². The van der Waals surface area contributed by atoms with Crippen LogP contribution in [-0.2, 0) is 6.42 Å². The van der Waals surface area contributed by atoms with E-state index in [-0.39, 0.29) is 5.02 Å². The van der Waals surface area contributed by atoms with E-state index in [2.05, 4.69) is 0 Å². The molecule has 0 aliphatic rings. The summed E-state index contributed by atoms with van der Waals surface area (Å²) < 4.78 is 13.0. The van der Waals surface area contributed by atoms with Crippen LogP contribution in [-0.4, -0.2) is 6.29 Å². The molecule has 0 unspecified atom stereocenters. The highest BCUT2D eigenvalue weighted by Gasteiger charge is 2.04. The Labute approximate surface area is 114 Å². The predicted molar refractivity (Wildman–Crippen MR) is 71.1 cm³/mol. The molecule has 1 nitrogen and oxygen atoms in total. The van der Waals surface area contributed by atoms with Gasteiger partial charge in [-0.3, -0.25) is 4.79 Å². The molecule has 2 rings (SSSR count). The first-order valence-corrected chi connectivity index (χ1v) is 6.02. The van der Waals surface area contributed by atoms with Crippen molar-refractivity contribution in [1.29, 1.82) is 0 Å². The van der Waals surface area contributed by atoms with Gasteiger partial charge >= 0.3 is 0 Å². The topological polar surface area (TPSA) is 17.1 Å². The van der Waals surface area contributed by atoms with Crippen LogP contribution in [0.4, 0.5) is 4.39 Å². The molecule has 0 amide bonds. The molecule has 0 radical (unpaired) electrons. The Hall–Kier alpha value is -1.38. The van der Waals surface area contributed by atoms with Crippen LogP contribution in [0.25, 0.3) is 0 Å². The van der Waals surface area contributed by atoms with Crippen molar-refractivity contribution in [2.45, 2.75) is 6.42 Å². The maximum absolute atomic E-state index is 13.0. The molecule has 0 fully saturated rings. The van der Waals surface area contributed by atoms with Crippen LogP contribution in [0.2, 0.25) is 10.0 Å². The molecular formula is C14H9Cl2FO. The monoisotopic (exact) mass is 282 g/mol. The lowest BCUT2D eigenvalue weighted by atomic mass is 10.0. The van der Waals surface area contributed by atoms with Crippen molar-refractivity contribution in [3.8, 4) is 0 Å². The molecule has 18 heavy (non-hydrogen) atoms. The van der Waals surface area contributed by atoms with E-state index in [1.807, 2.05) is 0 Å². The van der Waals surface area contributed by atoms with Crippen molar-refractivity contribution in [3.05, 3.63) is 69.0 Å². The van der Waals surface area contributed by atoms with E-state index in [1.54, 1.807) is 30.3 Å². The lowest BCUT2D eigenvalue weighted by Crippen LogP contribution is -1.91. The molecule has 0 bridgehead atoms. The van der Waals surface area contributed by atoms with Crippen LogP contribution in [0.15, 0.2) is 36.4 Å². The second-order valence-corrected chi connectivity index (χ2v) is 4.78. The minimum absolute atomic E-state index is 0.0881. The first kappa shape index (κ1) is 13.1. The van der Waals surface area contributed by atoms with Crippen molar-refractivity contribution in [1.82, 2.24) is 0 Å². The maximum Gasteiger partial charge on any atom is 0.150 e. The zero-order valence-electron chi connectivity index (χ0n) is 9.29. The Morgan fingerprint density at radius 2 is 1.83 bits per heavy atom. The Morgan fingerprint density at radius 3 is 2.50 bits per heavy atom. The largest absolute Gasteiger partial charge is 0.298 e. The molecule has 0 N–H and O–H groups in total. The molecule has 0 atom stereocenters. The van der Waals surface area contributed by atoms with E-state index in [4.69, 9.17) is 23.2 Å². The van der Waals surface area contributed by atoms with E-state index < -0.39 is 5.82 Å². The highest BCUT2D eigenvalue weighted by Crippen LogP contribution is 2.21. The third kappa shape index (κ3) is 3.09. The van der Waals surface area contributed by atoms with Crippen LogP contribution in [0.3, 0.4) is 0 Å². The molecule has 2 aromatic rings. The van der Waals surface area contributed by atoms with Gasteiger partial charge in [-0.2, -0.15) is 0 Å². The van der Waals surface area contributed by atoms with Gasteiger partial charge in [-0.15, -0.1) is 0 Å². The number of carbonyl (C=O) groups excluding carboxylic acids is 1. The zero-order chi connectivity index (χ0) is 13.1. The van der Waals surface area contributed by atoms with Crippen LogP contribution in [0, 0.1) is 5.82 Å². The molecule has 0 aliphatic carbocycles. The number of aldehydes is 1. The second kappa shape index (κ2) is 5.51. The Bertz CT molecular complexity index is 596. The number of carbonyl (C=O) groups is 1. The number of rotatable bonds is 3. The van der Waals surface area contributed by atoms with Crippen molar-refractivity contribution in [2.75, 3.05) is 0 Å². The number of benzene rings is 2. The van der Waals surface area contributed by atoms with Gasteiger partial charge in [-0.05, 0) is 47.9 Å². The third-order valence-electron chi connectivity index (χ3n) is 2.51. The van der Waals surface area contributed by atoms with Crippen LogP contribution in [0.5, 0.6) is 0 Å². The summed E-state index contributed by atoms with van der Waals surface area (Å²) in [5.74, 6) is -0.444. The number of halogens is 3. The standard InChI is InChI=1S/C14H9Cl2FO/c15-12-5-10(4-11(6-12)8-18)3-9-1-2-14(17)13(16)7-9/h1-2,4-8H,3H2. The average Bonchev–Trinajstić information content (AvgIpc) is 2.33. The van der Waals surface area contributed by atoms with Gasteiger partial charge in [-0.1, -0.05) is 29.3 Å². The SMILES string of the molecule is O=Cc1cc(Cl)cc(Cc2ccc(F)c(Cl)c2)c1. The van der Waals surface area contributed by atoms with Gasteiger partial charge in [0, 0.05) is 10.6 Å². The molecule has 92 valence electrons. The lowest BCUT2D eigenvalue weighted by molar-refractivity contribution is 0.112. The van der Waals surface area contributed by atoms with E-state index in [1.165, 1.54) is 6.07 Å². The van der Waals surface area contributed by atoms with Crippen molar-refractivity contribution in [3.63, 3.8) is 0 Å². The van der Waals surface area contributed by atoms with Crippen molar-refractivity contribution in [2.24, 2.45) is 0 Å². The minimum Gasteiger partial charge on any atom is -0.298 e. The first-order valence-electron chi connectivity index (χ1n) is 5.27. The average molecular weight is 283 g/mol. The van der Waals surface area contributed by atoms with Crippen LogP contribution in [0.1, 0.15) is 21.5 Å². The predicted octanol–water partition coefficient (Wildman–Crippen LogP) is 4.54. The minimum atomic E-state index is -0.444. The van der Waals surface area contributed by atoms with Crippen LogP contribution >= 0.6 is 23.2 Å². The number of hydrogen-bond donors (Lipinski definition) is 0. The zero-order valence-corrected chi connectivity index (χ0v) is 10.8. The fraction of sp³-hybridized carbons (Fsp3) is 0.0714. The smallest absolute Gasteiger partial charge is 0.150 e. The second-order valence-electron chi connectivity index (χ2n) is 3.94. The summed E-state index contributed by atoms with van der Waals surface area (Å²) >= 11 is 11.6. The molecule has 0 spiro atoms. The quantitative estimate of drug-likeness (QED) is 0.756. The highest BCUT2D eigenvalue weighted by molar-refractivity contribution is 6.31. The first-order chi connectivity index (χ1) is 8.58. The van der Waals surface area contributed by atoms with Gasteiger partial charge in [0.15, 0.2) is 0 Å². The van der Waals surface area contributed by atoms with Crippen LogP contribution < -0.4 is 0 Å². The summed E-state index contributed by atoms with van der Waals surface area (Å²) in [6.45, 7) is 0. The van der Waals surface area contributed by atoms with Crippen molar-refractivity contribution < 1.29 is 9.18 Å². The Morgan fingerprint density at radius 1 is 1.06 bits per heavy atom. The third-order valence-corrected chi connectivity index (χ3v) is 3.02.